The summed E-state index contributed by atoms with van der Waals surface area (Å²) in [6.07, 6.45) is 3.52. The molecule has 1 aromatic carbocycles. The second-order valence-electron chi connectivity index (χ2n) is 3.90. The van der Waals surface area contributed by atoms with Gasteiger partial charge < -0.3 is 10.1 Å². The molecule has 0 unspecified atom stereocenters. The van der Waals surface area contributed by atoms with Gasteiger partial charge in [0.1, 0.15) is 0 Å². The van der Waals surface area contributed by atoms with Gasteiger partial charge in [-0.3, -0.25) is 0 Å². The minimum absolute atomic E-state index is 0.276. The molecule has 0 amide bonds. The molecule has 0 radical (unpaired) electrons. The van der Waals surface area contributed by atoms with E-state index in [9.17, 15) is 4.39 Å². The van der Waals surface area contributed by atoms with Crippen LogP contribution in [0.2, 0.25) is 0 Å². The average molecular weight is 209 g/mol. The van der Waals surface area contributed by atoms with Gasteiger partial charge >= 0.3 is 0 Å². The third-order valence-electron chi connectivity index (χ3n) is 2.89. The molecule has 82 valence electrons. The Morgan fingerprint density at radius 2 is 2.27 bits per heavy atom. The summed E-state index contributed by atoms with van der Waals surface area (Å²) in [6, 6.07) is 5.51. The summed E-state index contributed by atoms with van der Waals surface area (Å²) in [5, 5.41) is 3.39. The summed E-state index contributed by atoms with van der Waals surface area (Å²) >= 11 is 0. The Labute approximate surface area is 89.4 Å². The molecule has 1 aliphatic heterocycles. The molecule has 1 atom stereocenters. The first-order valence-corrected chi connectivity index (χ1v) is 5.38. The maximum Gasteiger partial charge on any atom is 0.165 e. The highest BCUT2D eigenvalue weighted by Crippen LogP contribution is 2.26. The molecular weight excluding hydrogens is 193 g/mol. The fourth-order valence-corrected chi connectivity index (χ4v) is 2.04. The number of halogens is 1. The van der Waals surface area contributed by atoms with Crippen LogP contribution in [0.15, 0.2) is 18.2 Å². The topological polar surface area (TPSA) is 21.3 Å². The Morgan fingerprint density at radius 1 is 1.40 bits per heavy atom. The molecule has 0 bridgehead atoms. The van der Waals surface area contributed by atoms with E-state index < -0.39 is 0 Å². The van der Waals surface area contributed by atoms with Crippen LogP contribution < -0.4 is 10.1 Å². The summed E-state index contributed by atoms with van der Waals surface area (Å²) < 4.78 is 18.3. The van der Waals surface area contributed by atoms with Crippen LogP contribution in [0, 0.1) is 5.82 Å². The van der Waals surface area contributed by atoms with Crippen molar-refractivity contribution in [3.05, 3.63) is 29.6 Å². The lowest BCUT2D eigenvalue weighted by molar-refractivity contribution is 0.382. The number of methoxy groups -OCH3 is 1. The van der Waals surface area contributed by atoms with E-state index in [1.54, 1.807) is 12.1 Å². The summed E-state index contributed by atoms with van der Waals surface area (Å²) in [6.45, 7) is 1.03. The average Bonchev–Trinajstić information content (AvgIpc) is 2.30. The Bertz CT molecular complexity index is 334. The number of nitrogens with one attached hydrogen (secondary N) is 1. The smallest absolute Gasteiger partial charge is 0.165 e. The Kier molecular flexibility index (Phi) is 3.21. The molecule has 1 saturated heterocycles. The van der Waals surface area contributed by atoms with Crippen LogP contribution in [-0.2, 0) is 0 Å². The van der Waals surface area contributed by atoms with Crippen molar-refractivity contribution in [3.8, 4) is 5.75 Å². The normalized spacial score (nSPS) is 21.3. The number of ether oxygens (including phenoxy) is 1. The third kappa shape index (κ3) is 2.29. The van der Waals surface area contributed by atoms with Gasteiger partial charge in [-0.1, -0.05) is 12.5 Å². The molecule has 15 heavy (non-hydrogen) atoms. The lowest BCUT2D eigenvalue weighted by atomic mass is 9.97. The van der Waals surface area contributed by atoms with Gasteiger partial charge in [0.15, 0.2) is 11.6 Å². The molecule has 3 heteroatoms. The van der Waals surface area contributed by atoms with E-state index in [4.69, 9.17) is 4.74 Å². The lowest BCUT2D eigenvalue weighted by Crippen LogP contribution is -2.26. The third-order valence-corrected chi connectivity index (χ3v) is 2.89. The highest BCUT2D eigenvalue weighted by atomic mass is 19.1. The molecule has 0 aromatic heterocycles. The van der Waals surface area contributed by atoms with Crippen LogP contribution in [-0.4, -0.2) is 13.7 Å². The van der Waals surface area contributed by atoms with Gasteiger partial charge in [-0.25, -0.2) is 4.39 Å². The van der Waals surface area contributed by atoms with Gasteiger partial charge in [-0.05, 0) is 37.1 Å². The summed E-state index contributed by atoms with van der Waals surface area (Å²) in [7, 11) is 1.48. The second kappa shape index (κ2) is 4.62. The maximum atomic E-state index is 13.5. The fraction of sp³-hybridized carbons (Fsp3) is 0.500. The number of hydrogen-bond donors (Lipinski definition) is 1. The number of rotatable bonds is 2. The van der Waals surface area contributed by atoms with Crippen molar-refractivity contribution in [2.45, 2.75) is 25.3 Å². The zero-order chi connectivity index (χ0) is 10.7. The fourth-order valence-electron chi connectivity index (χ4n) is 2.04. The van der Waals surface area contributed by atoms with Gasteiger partial charge in [-0.15, -0.1) is 0 Å². The van der Waals surface area contributed by atoms with Crippen LogP contribution in [0.4, 0.5) is 4.39 Å². The monoisotopic (exact) mass is 209 g/mol. The molecule has 0 saturated carbocycles. The van der Waals surface area contributed by atoms with Crippen molar-refractivity contribution in [1.82, 2.24) is 5.32 Å². The van der Waals surface area contributed by atoms with E-state index in [2.05, 4.69) is 5.32 Å². The van der Waals surface area contributed by atoms with E-state index in [0.29, 0.717) is 11.8 Å². The summed E-state index contributed by atoms with van der Waals surface area (Å²) in [5.41, 5.74) is 1.02. The van der Waals surface area contributed by atoms with E-state index in [1.807, 2.05) is 6.07 Å². The highest BCUT2D eigenvalue weighted by molar-refractivity contribution is 5.31. The molecule has 1 fully saturated rings. The van der Waals surface area contributed by atoms with Gasteiger partial charge in [0.2, 0.25) is 0 Å². The minimum Gasteiger partial charge on any atom is -0.494 e. The van der Waals surface area contributed by atoms with Crippen molar-refractivity contribution in [2.75, 3.05) is 13.7 Å². The van der Waals surface area contributed by atoms with Crippen LogP contribution in [0.1, 0.15) is 30.9 Å². The standard InChI is InChI=1S/C12H16FNO/c1-15-12-6-5-9(8-10(12)13)11-4-2-3-7-14-11/h5-6,8,11,14H,2-4,7H2,1H3/t11-/m0/s1. The van der Waals surface area contributed by atoms with Crippen molar-refractivity contribution in [2.24, 2.45) is 0 Å². The largest absolute Gasteiger partial charge is 0.494 e. The van der Waals surface area contributed by atoms with Gasteiger partial charge in [0.25, 0.3) is 0 Å². The first kappa shape index (κ1) is 10.4. The van der Waals surface area contributed by atoms with Crippen LogP contribution in [0.25, 0.3) is 0 Å². The van der Waals surface area contributed by atoms with E-state index in [-0.39, 0.29) is 5.82 Å². The lowest BCUT2D eigenvalue weighted by Gasteiger charge is -2.24. The van der Waals surface area contributed by atoms with Gasteiger partial charge in [0.05, 0.1) is 7.11 Å². The van der Waals surface area contributed by atoms with E-state index in [0.717, 1.165) is 18.5 Å². The SMILES string of the molecule is COc1ccc([C@@H]2CCCCN2)cc1F. The molecule has 1 aliphatic rings. The Balaban J connectivity index is 2.17. The Morgan fingerprint density at radius 3 is 2.87 bits per heavy atom. The van der Waals surface area contributed by atoms with Crippen LogP contribution in [0.3, 0.4) is 0 Å². The van der Waals surface area contributed by atoms with Crippen molar-refractivity contribution in [3.63, 3.8) is 0 Å². The molecule has 0 aliphatic carbocycles. The highest BCUT2D eigenvalue weighted by Gasteiger charge is 2.16. The van der Waals surface area contributed by atoms with Crippen molar-refractivity contribution >= 4 is 0 Å². The van der Waals surface area contributed by atoms with Crippen LogP contribution in [0.5, 0.6) is 5.75 Å². The number of benzene rings is 1. The summed E-state index contributed by atoms with van der Waals surface area (Å²) in [4.78, 5) is 0. The molecule has 0 spiro atoms. The first-order chi connectivity index (χ1) is 7.31. The number of piperidine rings is 1. The number of hydrogen-bond acceptors (Lipinski definition) is 2. The molecule has 1 heterocycles. The predicted octanol–water partition coefficient (Wildman–Crippen LogP) is 2.65. The van der Waals surface area contributed by atoms with Crippen molar-refractivity contribution < 1.29 is 9.13 Å². The second-order valence-corrected chi connectivity index (χ2v) is 3.90. The predicted molar refractivity (Wildman–Crippen MR) is 57.5 cm³/mol. The Hall–Kier alpha value is -1.09. The zero-order valence-electron chi connectivity index (χ0n) is 8.92. The summed E-state index contributed by atoms with van der Waals surface area (Å²) in [5.74, 6) is 0.0388. The molecule has 2 nitrogen and oxygen atoms in total. The molecule has 2 rings (SSSR count). The molecule has 1 N–H and O–H groups in total. The first-order valence-electron chi connectivity index (χ1n) is 5.38. The van der Waals surface area contributed by atoms with Gasteiger partial charge in [-0.2, -0.15) is 0 Å². The minimum atomic E-state index is -0.276. The van der Waals surface area contributed by atoms with Crippen molar-refractivity contribution in [1.29, 1.82) is 0 Å². The molecule has 1 aromatic rings. The zero-order valence-corrected chi connectivity index (χ0v) is 8.92. The molecular formula is C12H16FNO. The maximum absolute atomic E-state index is 13.5. The van der Waals surface area contributed by atoms with Gasteiger partial charge in [0, 0.05) is 6.04 Å². The van der Waals surface area contributed by atoms with E-state index in [1.165, 1.54) is 20.0 Å². The van der Waals surface area contributed by atoms with Crippen LogP contribution >= 0.6 is 0 Å². The quantitative estimate of drug-likeness (QED) is 0.808. The van der Waals surface area contributed by atoms with E-state index >= 15 is 0 Å².